The molecule has 5 nitrogen and oxygen atoms in total. The third-order valence-corrected chi connectivity index (χ3v) is 5.19. The Hall–Kier alpha value is -1.63. The first kappa shape index (κ1) is 16.2. The Morgan fingerprint density at radius 1 is 1.17 bits per heavy atom. The van der Waals surface area contributed by atoms with E-state index in [1.54, 1.807) is 0 Å². The lowest BCUT2D eigenvalue weighted by atomic mass is 9.96. The molecular weight excluding hydrogens is 308 g/mol. The number of carbonyl (C=O) groups is 1. The van der Waals surface area contributed by atoms with Crippen LogP contribution in [0.3, 0.4) is 0 Å². The van der Waals surface area contributed by atoms with Crippen molar-refractivity contribution in [3.63, 3.8) is 0 Å². The first-order valence-electron chi connectivity index (χ1n) is 7.82. The van der Waals surface area contributed by atoms with Crippen LogP contribution >= 0.6 is 11.8 Å². The number of nitrogens with one attached hydrogen (secondary N) is 3. The van der Waals surface area contributed by atoms with Gasteiger partial charge in [0, 0.05) is 18.0 Å². The molecule has 0 bridgehead atoms. The maximum absolute atomic E-state index is 12.2. The Morgan fingerprint density at radius 3 is 2.52 bits per heavy atom. The Labute approximate surface area is 141 Å². The van der Waals surface area contributed by atoms with Gasteiger partial charge in [-0.25, -0.2) is 4.99 Å². The summed E-state index contributed by atoms with van der Waals surface area (Å²) in [5, 5.41) is 3.51. The number of nitrogens with zero attached hydrogens (tertiary/aromatic N) is 1. The average Bonchev–Trinajstić information content (AvgIpc) is 2.99. The van der Waals surface area contributed by atoms with E-state index in [1.165, 1.54) is 17.3 Å². The van der Waals surface area contributed by atoms with E-state index in [9.17, 15) is 4.79 Å². The monoisotopic (exact) mass is 330 g/mol. The summed E-state index contributed by atoms with van der Waals surface area (Å²) >= 11 is 1.41. The number of aliphatic imine (C=N–C) groups is 1. The third kappa shape index (κ3) is 3.49. The molecule has 0 spiro atoms. The minimum absolute atomic E-state index is 0.0650. The summed E-state index contributed by atoms with van der Waals surface area (Å²) in [5.74, 6) is 0.216. The number of hydrogen-bond acceptors (Lipinski definition) is 5. The predicted octanol–water partition coefficient (Wildman–Crippen LogP) is 2.54. The SMILES string of the molecule is Cc1ccc(N=C2NC(=O)/C(=C/C3C(C)NNC3C)S2)c(C)c1. The number of benzene rings is 1. The zero-order valence-electron chi connectivity index (χ0n) is 13.8. The van der Waals surface area contributed by atoms with Gasteiger partial charge in [-0.05, 0) is 51.1 Å². The number of thioether (sulfide) groups is 1. The summed E-state index contributed by atoms with van der Waals surface area (Å²) in [6.45, 7) is 8.31. The molecule has 0 radical (unpaired) electrons. The van der Waals surface area contributed by atoms with Crippen LogP contribution in [-0.4, -0.2) is 23.2 Å². The minimum atomic E-state index is -0.0650. The van der Waals surface area contributed by atoms with Crippen molar-refractivity contribution in [3.8, 4) is 0 Å². The zero-order valence-corrected chi connectivity index (χ0v) is 14.6. The topological polar surface area (TPSA) is 65.5 Å². The molecule has 2 aliphatic rings. The van der Waals surface area contributed by atoms with Crippen molar-refractivity contribution < 1.29 is 4.79 Å². The van der Waals surface area contributed by atoms with E-state index in [1.807, 2.05) is 25.1 Å². The Balaban J connectivity index is 1.80. The van der Waals surface area contributed by atoms with E-state index in [2.05, 4.69) is 48.0 Å². The van der Waals surface area contributed by atoms with E-state index in [-0.39, 0.29) is 11.8 Å². The van der Waals surface area contributed by atoms with E-state index in [0.717, 1.165) is 16.2 Å². The lowest BCUT2D eigenvalue weighted by Crippen LogP contribution is -2.30. The number of amides is 1. The van der Waals surface area contributed by atoms with Gasteiger partial charge < -0.3 is 5.32 Å². The van der Waals surface area contributed by atoms with Crippen molar-refractivity contribution in [2.45, 2.75) is 39.8 Å². The molecule has 2 unspecified atom stereocenters. The second-order valence-corrected chi connectivity index (χ2v) is 7.27. The van der Waals surface area contributed by atoms with Crippen LogP contribution in [0.15, 0.2) is 34.2 Å². The molecule has 3 N–H and O–H groups in total. The van der Waals surface area contributed by atoms with Crippen molar-refractivity contribution in [1.29, 1.82) is 0 Å². The lowest BCUT2D eigenvalue weighted by Gasteiger charge is -2.13. The van der Waals surface area contributed by atoms with Gasteiger partial charge in [0.1, 0.15) is 0 Å². The molecule has 0 saturated carbocycles. The maximum atomic E-state index is 12.2. The van der Waals surface area contributed by atoms with Gasteiger partial charge in [0.05, 0.1) is 10.6 Å². The van der Waals surface area contributed by atoms with Gasteiger partial charge >= 0.3 is 0 Å². The molecule has 1 aromatic rings. The summed E-state index contributed by atoms with van der Waals surface area (Å²) in [7, 11) is 0. The molecule has 23 heavy (non-hydrogen) atoms. The number of hydrazine groups is 1. The molecule has 2 atom stereocenters. The fourth-order valence-electron chi connectivity index (χ4n) is 2.89. The van der Waals surface area contributed by atoms with Crippen molar-refractivity contribution >= 4 is 28.5 Å². The number of rotatable bonds is 2. The molecule has 2 aliphatic heterocycles. The van der Waals surface area contributed by atoms with Gasteiger partial charge in [0.25, 0.3) is 5.91 Å². The number of hydrogen-bond donors (Lipinski definition) is 3. The minimum Gasteiger partial charge on any atom is -0.300 e. The van der Waals surface area contributed by atoms with Gasteiger partial charge in [-0.2, -0.15) is 0 Å². The smallest absolute Gasteiger partial charge is 0.263 e. The predicted molar refractivity (Wildman–Crippen MR) is 95.5 cm³/mol. The van der Waals surface area contributed by atoms with Crippen LogP contribution < -0.4 is 16.2 Å². The molecule has 0 aliphatic carbocycles. The van der Waals surface area contributed by atoms with Gasteiger partial charge in [0.2, 0.25) is 0 Å². The summed E-state index contributed by atoms with van der Waals surface area (Å²) in [6.07, 6.45) is 2.05. The molecule has 2 saturated heterocycles. The average molecular weight is 330 g/mol. The fraction of sp³-hybridized carbons (Fsp3) is 0.412. The highest BCUT2D eigenvalue weighted by atomic mass is 32.2. The first-order valence-corrected chi connectivity index (χ1v) is 8.63. The van der Waals surface area contributed by atoms with E-state index >= 15 is 0 Å². The van der Waals surface area contributed by atoms with E-state index < -0.39 is 0 Å². The van der Waals surface area contributed by atoms with Gasteiger partial charge in [-0.15, -0.1) is 0 Å². The molecule has 2 heterocycles. The fourth-order valence-corrected chi connectivity index (χ4v) is 3.75. The highest BCUT2D eigenvalue weighted by Gasteiger charge is 2.32. The van der Waals surface area contributed by atoms with Crippen molar-refractivity contribution in [2.75, 3.05) is 0 Å². The van der Waals surface area contributed by atoms with Gasteiger partial charge in [0.15, 0.2) is 5.17 Å². The number of carbonyl (C=O) groups excluding carboxylic acids is 1. The van der Waals surface area contributed by atoms with Crippen molar-refractivity contribution in [1.82, 2.24) is 16.2 Å². The Kier molecular flexibility index (Phi) is 4.57. The van der Waals surface area contributed by atoms with Crippen LogP contribution in [0.5, 0.6) is 0 Å². The van der Waals surface area contributed by atoms with E-state index in [0.29, 0.717) is 17.3 Å². The molecule has 6 heteroatoms. The normalized spacial score (nSPS) is 31.1. The molecule has 3 rings (SSSR count). The molecule has 2 fully saturated rings. The lowest BCUT2D eigenvalue weighted by molar-refractivity contribution is -0.115. The van der Waals surface area contributed by atoms with Crippen molar-refractivity contribution in [2.24, 2.45) is 10.9 Å². The molecule has 1 amide bonds. The largest absolute Gasteiger partial charge is 0.300 e. The third-order valence-electron chi connectivity index (χ3n) is 4.26. The van der Waals surface area contributed by atoms with Crippen LogP contribution in [-0.2, 0) is 4.79 Å². The van der Waals surface area contributed by atoms with Crippen LogP contribution in [0.1, 0.15) is 25.0 Å². The maximum Gasteiger partial charge on any atom is 0.263 e. The summed E-state index contributed by atoms with van der Waals surface area (Å²) < 4.78 is 0. The van der Waals surface area contributed by atoms with Crippen LogP contribution in [0.4, 0.5) is 5.69 Å². The van der Waals surface area contributed by atoms with Gasteiger partial charge in [-0.3, -0.25) is 15.6 Å². The highest BCUT2D eigenvalue weighted by molar-refractivity contribution is 8.18. The highest BCUT2D eigenvalue weighted by Crippen LogP contribution is 2.30. The van der Waals surface area contributed by atoms with Crippen molar-refractivity contribution in [3.05, 3.63) is 40.3 Å². The van der Waals surface area contributed by atoms with Crippen LogP contribution in [0.25, 0.3) is 0 Å². The summed E-state index contributed by atoms with van der Waals surface area (Å²) in [6, 6.07) is 6.71. The van der Waals surface area contributed by atoms with E-state index in [4.69, 9.17) is 0 Å². The van der Waals surface area contributed by atoms with Crippen LogP contribution in [0, 0.1) is 19.8 Å². The number of amidine groups is 1. The quantitative estimate of drug-likeness (QED) is 0.729. The summed E-state index contributed by atoms with van der Waals surface area (Å²) in [5.41, 5.74) is 9.62. The molecular formula is C17H22N4OS. The molecule has 122 valence electrons. The van der Waals surface area contributed by atoms with Crippen LogP contribution in [0.2, 0.25) is 0 Å². The standard InChI is InChI=1S/C17H22N4OS/c1-9-5-6-14(10(2)7-9)18-17-19-16(22)15(23-17)8-13-11(3)20-21-12(13)4/h5-8,11-13,20-21H,1-4H3,(H,18,19,22)/b15-8-. The first-order chi connectivity index (χ1) is 10.9. The Morgan fingerprint density at radius 2 is 1.87 bits per heavy atom. The Bertz CT molecular complexity index is 688. The summed E-state index contributed by atoms with van der Waals surface area (Å²) in [4.78, 5) is 17.5. The van der Waals surface area contributed by atoms with Gasteiger partial charge in [-0.1, -0.05) is 23.8 Å². The molecule has 1 aromatic carbocycles. The second-order valence-electron chi connectivity index (χ2n) is 6.24. The molecule has 0 aromatic heterocycles. The zero-order chi connectivity index (χ0) is 16.6. The second kappa shape index (κ2) is 6.47. The number of aryl methyl sites for hydroxylation is 2.